The summed E-state index contributed by atoms with van der Waals surface area (Å²) >= 11 is 0. The molecule has 3 nitrogen and oxygen atoms in total. The van der Waals surface area contributed by atoms with Crippen molar-refractivity contribution in [3.05, 3.63) is 35.6 Å². The predicted octanol–water partition coefficient (Wildman–Crippen LogP) is 2.48. The highest BCUT2D eigenvalue weighted by Crippen LogP contribution is 2.45. The maximum absolute atomic E-state index is 13.5. The van der Waals surface area contributed by atoms with Crippen LogP contribution in [0.3, 0.4) is 0 Å². The quantitative estimate of drug-likeness (QED) is 0.909. The van der Waals surface area contributed by atoms with Crippen LogP contribution in [0.1, 0.15) is 38.2 Å². The van der Waals surface area contributed by atoms with Gasteiger partial charge in [0.15, 0.2) is 0 Å². The van der Waals surface area contributed by atoms with E-state index in [4.69, 9.17) is 0 Å². The number of carbonyl (C=O) groups excluding carboxylic acids is 1. The number of rotatable bonds is 2. The number of likely N-dealkylation sites (tertiary alicyclic amines) is 1. The number of aliphatic hydroxyl groups is 1. The van der Waals surface area contributed by atoms with Gasteiger partial charge in [-0.15, -0.1) is 0 Å². The van der Waals surface area contributed by atoms with Crippen LogP contribution in [0.5, 0.6) is 0 Å². The molecule has 1 saturated heterocycles. The molecular formula is C17H22FNO2. The van der Waals surface area contributed by atoms with Crippen LogP contribution in [-0.2, 0) is 10.2 Å². The Morgan fingerprint density at radius 2 is 2.19 bits per heavy atom. The molecule has 2 unspecified atom stereocenters. The summed E-state index contributed by atoms with van der Waals surface area (Å²) in [6.45, 7) is 3.10. The third-order valence-corrected chi connectivity index (χ3v) is 5.20. The van der Waals surface area contributed by atoms with E-state index < -0.39 is 11.5 Å². The van der Waals surface area contributed by atoms with E-state index in [1.165, 1.54) is 12.1 Å². The molecule has 2 atom stereocenters. The van der Waals surface area contributed by atoms with Crippen molar-refractivity contribution in [2.24, 2.45) is 5.92 Å². The second-order valence-corrected chi connectivity index (χ2v) is 6.53. The summed E-state index contributed by atoms with van der Waals surface area (Å²) < 4.78 is 13.5. The highest BCUT2D eigenvalue weighted by atomic mass is 19.1. The Balaban J connectivity index is 1.84. The minimum Gasteiger partial charge on any atom is -0.391 e. The monoisotopic (exact) mass is 291 g/mol. The Bertz CT molecular complexity index is 541. The molecule has 0 bridgehead atoms. The predicted molar refractivity (Wildman–Crippen MR) is 78.3 cm³/mol. The van der Waals surface area contributed by atoms with E-state index >= 15 is 0 Å². The average molecular weight is 291 g/mol. The molecule has 1 aliphatic heterocycles. The summed E-state index contributed by atoms with van der Waals surface area (Å²) in [7, 11) is 0. The minimum absolute atomic E-state index is 0.0605. The van der Waals surface area contributed by atoms with Gasteiger partial charge in [-0.1, -0.05) is 25.5 Å². The molecular weight excluding hydrogens is 269 g/mol. The Morgan fingerprint density at radius 1 is 1.43 bits per heavy atom. The number of amides is 1. The molecule has 1 aromatic carbocycles. The summed E-state index contributed by atoms with van der Waals surface area (Å²) in [4.78, 5) is 14.7. The first-order chi connectivity index (χ1) is 10.0. The first kappa shape index (κ1) is 14.5. The molecule has 0 spiro atoms. The lowest BCUT2D eigenvalue weighted by molar-refractivity contribution is -0.145. The molecule has 21 heavy (non-hydrogen) atoms. The van der Waals surface area contributed by atoms with Crippen molar-refractivity contribution in [2.75, 3.05) is 13.1 Å². The van der Waals surface area contributed by atoms with E-state index in [0.29, 0.717) is 13.1 Å². The van der Waals surface area contributed by atoms with Gasteiger partial charge in [-0.25, -0.2) is 4.39 Å². The van der Waals surface area contributed by atoms with E-state index in [-0.39, 0.29) is 17.6 Å². The molecule has 1 N–H and O–H groups in total. The number of aliphatic hydroxyl groups excluding tert-OH is 1. The SMILES string of the molecule is CC1CCN(C(=O)C2(c3cccc(F)c3)CCC2)CC1O. The Hall–Kier alpha value is -1.42. The second-order valence-electron chi connectivity index (χ2n) is 6.53. The van der Waals surface area contributed by atoms with E-state index in [2.05, 4.69) is 0 Å². The van der Waals surface area contributed by atoms with E-state index in [0.717, 1.165) is 31.2 Å². The third kappa shape index (κ3) is 2.46. The number of carbonyl (C=O) groups is 1. The molecule has 1 amide bonds. The van der Waals surface area contributed by atoms with Crippen molar-refractivity contribution in [3.63, 3.8) is 0 Å². The zero-order chi connectivity index (χ0) is 15.0. The van der Waals surface area contributed by atoms with Gasteiger partial charge in [0.05, 0.1) is 11.5 Å². The number of β-amino-alcohol motifs (C(OH)–C–C–N with tert-alkyl or cyclic N) is 1. The fourth-order valence-electron chi connectivity index (χ4n) is 3.48. The highest BCUT2D eigenvalue weighted by molar-refractivity contribution is 5.89. The summed E-state index contributed by atoms with van der Waals surface area (Å²) in [5.41, 5.74) is 0.217. The van der Waals surface area contributed by atoms with Gasteiger partial charge < -0.3 is 10.0 Å². The normalized spacial score (nSPS) is 28.0. The molecule has 1 saturated carbocycles. The number of hydrogen-bond donors (Lipinski definition) is 1. The van der Waals surface area contributed by atoms with Crippen LogP contribution < -0.4 is 0 Å². The number of benzene rings is 1. The summed E-state index contributed by atoms with van der Waals surface area (Å²) in [5.74, 6) is 0.00439. The minimum atomic E-state index is -0.567. The van der Waals surface area contributed by atoms with Gasteiger partial charge in [-0.05, 0) is 42.9 Å². The van der Waals surface area contributed by atoms with Crippen molar-refractivity contribution < 1.29 is 14.3 Å². The fraction of sp³-hybridized carbons (Fsp3) is 0.588. The van der Waals surface area contributed by atoms with Crippen molar-refractivity contribution in [1.29, 1.82) is 0 Å². The van der Waals surface area contributed by atoms with Gasteiger partial charge in [0.25, 0.3) is 0 Å². The molecule has 0 radical (unpaired) electrons. The van der Waals surface area contributed by atoms with Crippen LogP contribution in [0.4, 0.5) is 4.39 Å². The molecule has 1 heterocycles. The first-order valence-corrected chi connectivity index (χ1v) is 7.76. The van der Waals surface area contributed by atoms with Gasteiger partial charge in [-0.3, -0.25) is 4.79 Å². The molecule has 114 valence electrons. The van der Waals surface area contributed by atoms with Crippen LogP contribution in [0.2, 0.25) is 0 Å². The van der Waals surface area contributed by atoms with Crippen LogP contribution in [0, 0.1) is 11.7 Å². The van der Waals surface area contributed by atoms with Crippen LogP contribution in [0.25, 0.3) is 0 Å². The van der Waals surface area contributed by atoms with Gasteiger partial charge >= 0.3 is 0 Å². The highest BCUT2D eigenvalue weighted by Gasteiger charge is 2.48. The lowest BCUT2D eigenvalue weighted by atomic mass is 9.63. The Kier molecular flexibility index (Phi) is 3.74. The lowest BCUT2D eigenvalue weighted by Crippen LogP contribution is -2.55. The first-order valence-electron chi connectivity index (χ1n) is 7.76. The average Bonchev–Trinajstić information content (AvgIpc) is 2.40. The maximum atomic E-state index is 13.5. The molecule has 2 fully saturated rings. The number of piperidine rings is 1. The number of halogens is 1. The van der Waals surface area contributed by atoms with Crippen LogP contribution in [0.15, 0.2) is 24.3 Å². The standard InChI is InChI=1S/C17H22FNO2/c1-12-6-9-19(11-15(12)20)16(21)17(7-3-8-17)13-4-2-5-14(18)10-13/h2,4-5,10,12,15,20H,3,6-9,11H2,1H3. The second kappa shape index (κ2) is 5.41. The largest absolute Gasteiger partial charge is 0.391 e. The van der Waals surface area contributed by atoms with Crippen molar-refractivity contribution in [1.82, 2.24) is 4.90 Å². The zero-order valence-electron chi connectivity index (χ0n) is 12.4. The fourth-order valence-corrected chi connectivity index (χ4v) is 3.48. The van der Waals surface area contributed by atoms with Gasteiger partial charge in [0.2, 0.25) is 5.91 Å². The molecule has 1 aliphatic carbocycles. The van der Waals surface area contributed by atoms with Crippen LogP contribution >= 0.6 is 0 Å². The summed E-state index contributed by atoms with van der Waals surface area (Å²) in [5, 5.41) is 10.0. The third-order valence-electron chi connectivity index (χ3n) is 5.20. The maximum Gasteiger partial charge on any atom is 0.233 e. The van der Waals surface area contributed by atoms with Crippen molar-refractivity contribution in [3.8, 4) is 0 Å². The van der Waals surface area contributed by atoms with E-state index in [1.807, 2.05) is 13.0 Å². The zero-order valence-corrected chi connectivity index (χ0v) is 12.4. The summed E-state index contributed by atoms with van der Waals surface area (Å²) in [6.07, 6.45) is 2.92. The van der Waals surface area contributed by atoms with Gasteiger partial charge in [0.1, 0.15) is 5.82 Å². The molecule has 4 heteroatoms. The van der Waals surface area contributed by atoms with Gasteiger partial charge in [0, 0.05) is 13.1 Å². The van der Waals surface area contributed by atoms with Crippen molar-refractivity contribution >= 4 is 5.91 Å². The Labute approximate surface area is 124 Å². The molecule has 0 aromatic heterocycles. The molecule has 2 aliphatic rings. The number of hydrogen-bond acceptors (Lipinski definition) is 2. The van der Waals surface area contributed by atoms with E-state index in [1.54, 1.807) is 11.0 Å². The summed E-state index contributed by atoms with van der Waals surface area (Å²) in [6, 6.07) is 6.42. The van der Waals surface area contributed by atoms with Crippen LogP contribution in [-0.4, -0.2) is 35.1 Å². The molecule has 3 rings (SSSR count). The lowest BCUT2D eigenvalue weighted by Gasteiger charge is -2.46. The Morgan fingerprint density at radius 3 is 2.76 bits per heavy atom. The van der Waals surface area contributed by atoms with Crippen molar-refractivity contribution in [2.45, 2.75) is 44.1 Å². The number of nitrogens with zero attached hydrogens (tertiary/aromatic N) is 1. The topological polar surface area (TPSA) is 40.5 Å². The molecule has 1 aromatic rings. The smallest absolute Gasteiger partial charge is 0.233 e. The van der Waals surface area contributed by atoms with E-state index in [9.17, 15) is 14.3 Å². The van der Waals surface area contributed by atoms with Gasteiger partial charge in [-0.2, -0.15) is 0 Å².